The monoisotopic (exact) mass is 206 g/mol. The van der Waals surface area contributed by atoms with Gasteiger partial charge in [0.1, 0.15) is 5.75 Å². The van der Waals surface area contributed by atoms with Crippen LogP contribution in [-0.4, -0.2) is 16.4 Å². The van der Waals surface area contributed by atoms with E-state index in [0.717, 1.165) is 11.3 Å². The van der Waals surface area contributed by atoms with E-state index in [-0.39, 0.29) is 0 Å². The molecule has 0 aromatic heterocycles. The zero-order valence-electron chi connectivity index (χ0n) is 7.56. The summed E-state index contributed by atoms with van der Waals surface area (Å²) in [5.74, 6) is 0.773. The zero-order valence-corrected chi connectivity index (χ0v) is 8.38. The van der Waals surface area contributed by atoms with Gasteiger partial charge in [-0.3, -0.25) is 4.21 Å². The van der Waals surface area contributed by atoms with Gasteiger partial charge in [-0.1, -0.05) is 23.1 Å². The van der Waals surface area contributed by atoms with E-state index >= 15 is 0 Å². The lowest BCUT2D eigenvalue weighted by Crippen LogP contribution is -2.02. The Morgan fingerprint density at radius 1 is 1.36 bits per heavy atom. The summed E-state index contributed by atoms with van der Waals surface area (Å²) in [6.45, 7) is 0. The molecule has 0 spiro atoms. The van der Waals surface area contributed by atoms with Gasteiger partial charge in [0.25, 0.3) is 0 Å². The highest BCUT2D eigenvalue weighted by atomic mass is 32.2. The van der Waals surface area contributed by atoms with Gasteiger partial charge in [-0.25, -0.2) is 0 Å². The van der Waals surface area contributed by atoms with Gasteiger partial charge < -0.3 is 9.73 Å². The van der Waals surface area contributed by atoms with Gasteiger partial charge in [0.2, 0.25) is 0 Å². The summed E-state index contributed by atoms with van der Waals surface area (Å²) in [5.41, 5.74) is 0.838. The summed E-state index contributed by atoms with van der Waals surface area (Å²) in [5, 5.41) is 1.99. The van der Waals surface area contributed by atoms with E-state index in [1.807, 2.05) is 24.3 Å². The standard InChI is InChI=1S/C10H8NO2S/c1-13-9-4-2-8(3-5-9)10-11-6-7-14(10)12/h2-5,7H,1H3/q-1. The van der Waals surface area contributed by atoms with Crippen LogP contribution in [0.5, 0.6) is 5.75 Å². The maximum Gasteiger partial charge on any atom is 0.118 e. The third-order valence-corrected chi connectivity index (χ3v) is 2.88. The molecule has 1 aliphatic rings. The first-order valence-electron chi connectivity index (χ1n) is 4.03. The third-order valence-electron chi connectivity index (χ3n) is 1.85. The second-order valence-corrected chi connectivity index (χ2v) is 3.91. The van der Waals surface area contributed by atoms with Crippen molar-refractivity contribution in [1.82, 2.24) is 0 Å². The molecule has 1 unspecified atom stereocenters. The van der Waals surface area contributed by atoms with Crippen LogP contribution in [0.2, 0.25) is 0 Å². The highest BCUT2D eigenvalue weighted by molar-refractivity contribution is 8.04. The molecule has 0 saturated carbocycles. The van der Waals surface area contributed by atoms with E-state index in [9.17, 15) is 4.21 Å². The molecule has 1 aromatic carbocycles. The van der Waals surface area contributed by atoms with Gasteiger partial charge >= 0.3 is 0 Å². The molecule has 3 nitrogen and oxygen atoms in total. The lowest BCUT2D eigenvalue weighted by atomic mass is 10.2. The average molecular weight is 206 g/mol. The molecule has 1 heterocycles. The van der Waals surface area contributed by atoms with E-state index in [1.54, 1.807) is 7.11 Å². The molecular formula is C10H8NO2S-. The topological polar surface area (TPSA) is 38.7 Å². The van der Waals surface area contributed by atoms with Gasteiger partial charge in [0.15, 0.2) is 0 Å². The lowest BCUT2D eigenvalue weighted by Gasteiger charge is -2.08. The fourth-order valence-corrected chi connectivity index (χ4v) is 1.92. The molecule has 0 N–H and O–H groups in total. The van der Waals surface area contributed by atoms with Crippen LogP contribution in [0.15, 0.2) is 34.7 Å². The molecule has 2 rings (SSSR count). The molecule has 72 valence electrons. The summed E-state index contributed by atoms with van der Waals surface area (Å²) in [6.07, 6.45) is 2.58. The molecule has 1 aliphatic heterocycles. The molecule has 0 fully saturated rings. The van der Waals surface area contributed by atoms with E-state index in [2.05, 4.69) is 11.2 Å². The van der Waals surface area contributed by atoms with E-state index < -0.39 is 10.8 Å². The van der Waals surface area contributed by atoms with Crippen LogP contribution in [0.4, 0.5) is 0 Å². The van der Waals surface area contributed by atoms with Gasteiger partial charge in [0, 0.05) is 0 Å². The number of methoxy groups -OCH3 is 1. The summed E-state index contributed by atoms with van der Waals surface area (Å²) in [4.78, 5) is 3.91. The molecule has 0 amide bonds. The largest absolute Gasteiger partial charge is 0.497 e. The highest BCUT2D eigenvalue weighted by Gasteiger charge is 2.02. The summed E-state index contributed by atoms with van der Waals surface area (Å²) in [6, 6.07) is 7.29. The smallest absolute Gasteiger partial charge is 0.118 e. The number of nitrogens with zero attached hydrogens (tertiary/aromatic N) is 1. The fraction of sp³-hybridized carbons (Fsp3) is 0.100. The van der Waals surface area contributed by atoms with Crippen LogP contribution in [-0.2, 0) is 10.8 Å². The van der Waals surface area contributed by atoms with Crippen molar-refractivity contribution in [2.24, 2.45) is 4.99 Å². The van der Waals surface area contributed by atoms with E-state index in [1.165, 1.54) is 5.41 Å². The Morgan fingerprint density at radius 2 is 2.07 bits per heavy atom. The first-order chi connectivity index (χ1) is 6.81. The van der Waals surface area contributed by atoms with Crippen LogP contribution >= 0.6 is 0 Å². The Hall–Kier alpha value is -1.42. The minimum atomic E-state index is -1.15. The van der Waals surface area contributed by atoms with Gasteiger partial charge in [-0.2, -0.15) is 0 Å². The van der Waals surface area contributed by atoms with Crippen LogP contribution in [0.25, 0.3) is 0 Å². The van der Waals surface area contributed by atoms with Crippen molar-refractivity contribution in [3.63, 3.8) is 0 Å². The van der Waals surface area contributed by atoms with Crippen LogP contribution in [0.1, 0.15) is 5.56 Å². The SMILES string of the molecule is COc1ccc(C2=N[C-]=CS2=O)cc1. The van der Waals surface area contributed by atoms with Crippen molar-refractivity contribution < 1.29 is 8.95 Å². The van der Waals surface area contributed by atoms with Gasteiger partial charge in [0.05, 0.1) is 7.11 Å². The quantitative estimate of drug-likeness (QED) is 0.687. The normalized spacial score (nSPS) is 19.5. The number of ether oxygens (including phenoxy) is 1. The molecule has 14 heavy (non-hydrogen) atoms. The maximum atomic E-state index is 11.4. The first-order valence-corrected chi connectivity index (χ1v) is 5.24. The minimum Gasteiger partial charge on any atom is -0.497 e. The molecule has 1 atom stereocenters. The molecule has 4 heteroatoms. The molecule has 1 aromatic rings. The van der Waals surface area contributed by atoms with Crippen molar-refractivity contribution in [1.29, 1.82) is 0 Å². The number of rotatable bonds is 2. The number of hydrogen-bond acceptors (Lipinski definition) is 3. The Balaban J connectivity index is 2.30. The van der Waals surface area contributed by atoms with Crippen molar-refractivity contribution in [2.45, 2.75) is 0 Å². The Labute approximate surface area is 84.6 Å². The lowest BCUT2D eigenvalue weighted by molar-refractivity contribution is 0.415. The molecular weight excluding hydrogens is 198 g/mol. The van der Waals surface area contributed by atoms with E-state index in [4.69, 9.17) is 4.74 Å². The second kappa shape index (κ2) is 3.75. The summed E-state index contributed by atoms with van der Waals surface area (Å²) >= 11 is 0. The van der Waals surface area contributed by atoms with Crippen molar-refractivity contribution in [2.75, 3.05) is 7.11 Å². The van der Waals surface area contributed by atoms with E-state index in [0.29, 0.717) is 5.04 Å². The highest BCUT2D eigenvalue weighted by Crippen LogP contribution is 2.15. The Kier molecular flexibility index (Phi) is 2.45. The van der Waals surface area contributed by atoms with Crippen molar-refractivity contribution >= 4 is 15.8 Å². The number of hydrogen-bond donors (Lipinski definition) is 0. The Morgan fingerprint density at radius 3 is 2.57 bits per heavy atom. The molecule has 0 saturated heterocycles. The number of benzene rings is 1. The second-order valence-electron chi connectivity index (χ2n) is 2.69. The van der Waals surface area contributed by atoms with Gasteiger partial charge in [-0.15, -0.1) is 6.20 Å². The van der Waals surface area contributed by atoms with Crippen LogP contribution in [0, 0.1) is 6.20 Å². The van der Waals surface area contributed by atoms with Gasteiger partial charge in [-0.05, 0) is 28.0 Å². The average Bonchev–Trinajstić information content (AvgIpc) is 2.65. The zero-order chi connectivity index (χ0) is 9.97. The molecule has 0 bridgehead atoms. The predicted octanol–water partition coefficient (Wildman–Crippen LogP) is 1.48. The summed E-state index contributed by atoms with van der Waals surface area (Å²) in [7, 11) is 0.460. The predicted molar refractivity (Wildman–Crippen MR) is 55.5 cm³/mol. The third kappa shape index (κ3) is 1.61. The fourth-order valence-electron chi connectivity index (χ4n) is 1.15. The first kappa shape index (κ1) is 9.15. The molecule has 0 aliphatic carbocycles. The van der Waals surface area contributed by atoms with Crippen LogP contribution < -0.4 is 4.74 Å². The van der Waals surface area contributed by atoms with Crippen molar-refractivity contribution in [3.8, 4) is 5.75 Å². The van der Waals surface area contributed by atoms with Crippen molar-refractivity contribution in [3.05, 3.63) is 41.4 Å². The minimum absolute atomic E-state index is 0.549. The number of aliphatic imine (C=N–C) groups is 1. The van der Waals surface area contributed by atoms with Crippen LogP contribution in [0.3, 0.4) is 0 Å². The maximum absolute atomic E-state index is 11.4. The molecule has 0 radical (unpaired) electrons. The Bertz CT molecular complexity index is 420. The summed E-state index contributed by atoms with van der Waals surface area (Å²) < 4.78 is 16.4.